The molecule has 2 rings (SSSR count). The molecule has 2 N–H and O–H groups in total. The molecule has 20 heavy (non-hydrogen) atoms. The second-order valence-corrected chi connectivity index (χ2v) is 7.82. The molecule has 1 aromatic carbocycles. The average Bonchev–Trinajstić information content (AvgIpc) is 2.89. The van der Waals surface area contributed by atoms with Crippen molar-refractivity contribution in [2.75, 3.05) is 13.2 Å². The van der Waals surface area contributed by atoms with E-state index in [-0.39, 0.29) is 17.8 Å². The molecule has 0 aromatic heterocycles. The molecule has 0 spiro atoms. The van der Waals surface area contributed by atoms with Gasteiger partial charge in [-0.25, -0.2) is 13.1 Å². The monoisotopic (exact) mass is 317 g/mol. The van der Waals surface area contributed by atoms with Crippen LogP contribution >= 0.6 is 11.6 Å². The van der Waals surface area contributed by atoms with Crippen LogP contribution < -0.4 is 4.72 Å². The first-order valence-corrected chi connectivity index (χ1v) is 8.80. The third-order valence-electron chi connectivity index (χ3n) is 3.94. The van der Waals surface area contributed by atoms with E-state index in [1.54, 1.807) is 24.3 Å². The molecule has 0 saturated heterocycles. The van der Waals surface area contributed by atoms with Crippen LogP contribution in [0, 0.1) is 5.41 Å². The summed E-state index contributed by atoms with van der Waals surface area (Å²) in [4.78, 5) is 0. The molecule has 0 atom stereocenters. The highest BCUT2D eigenvalue weighted by atomic mass is 35.5. The Morgan fingerprint density at radius 1 is 1.20 bits per heavy atom. The second kappa shape index (κ2) is 6.43. The minimum Gasteiger partial charge on any atom is -0.396 e. The van der Waals surface area contributed by atoms with Crippen molar-refractivity contribution in [3.05, 3.63) is 34.9 Å². The number of nitrogens with one attached hydrogen (secondary N) is 1. The quantitative estimate of drug-likeness (QED) is 0.846. The van der Waals surface area contributed by atoms with Crippen molar-refractivity contribution in [3.8, 4) is 0 Å². The molecule has 1 aliphatic rings. The van der Waals surface area contributed by atoms with Crippen molar-refractivity contribution in [2.24, 2.45) is 5.41 Å². The largest absolute Gasteiger partial charge is 0.396 e. The van der Waals surface area contributed by atoms with Gasteiger partial charge in [0.25, 0.3) is 0 Å². The van der Waals surface area contributed by atoms with E-state index in [0.717, 1.165) is 25.7 Å². The summed E-state index contributed by atoms with van der Waals surface area (Å²) in [6, 6.07) is 6.77. The van der Waals surface area contributed by atoms with Gasteiger partial charge in [0, 0.05) is 23.6 Å². The van der Waals surface area contributed by atoms with Crippen LogP contribution in [0.15, 0.2) is 24.3 Å². The van der Waals surface area contributed by atoms with Crippen LogP contribution in [0.5, 0.6) is 0 Å². The maximum atomic E-state index is 12.1. The van der Waals surface area contributed by atoms with Gasteiger partial charge < -0.3 is 5.11 Å². The molecule has 0 aliphatic heterocycles. The molecule has 0 unspecified atom stereocenters. The van der Waals surface area contributed by atoms with Gasteiger partial charge in [0.2, 0.25) is 10.0 Å². The third kappa shape index (κ3) is 4.19. The molecule has 1 aromatic rings. The molecular weight excluding hydrogens is 298 g/mol. The molecule has 112 valence electrons. The van der Waals surface area contributed by atoms with Crippen LogP contribution in [0.3, 0.4) is 0 Å². The summed E-state index contributed by atoms with van der Waals surface area (Å²) in [5, 5.41) is 10.1. The highest BCUT2D eigenvalue weighted by molar-refractivity contribution is 7.88. The van der Waals surface area contributed by atoms with Gasteiger partial charge in [0.05, 0.1) is 5.75 Å². The fourth-order valence-electron chi connectivity index (χ4n) is 2.63. The highest BCUT2D eigenvalue weighted by Gasteiger charge is 2.34. The normalized spacial score (nSPS) is 18.3. The smallest absolute Gasteiger partial charge is 0.215 e. The Labute approximate surface area is 125 Å². The SMILES string of the molecule is O=S(=O)(Cc1ccc(Cl)cc1)NCC1(CO)CCCC1. The van der Waals surface area contributed by atoms with Crippen molar-refractivity contribution < 1.29 is 13.5 Å². The van der Waals surface area contributed by atoms with Gasteiger partial charge in [0.1, 0.15) is 0 Å². The first-order chi connectivity index (χ1) is 9.45. The van der Waals surface area contributed by atoms with Gasteiger partial charge in [-0.05, 0) is 30.5 Å². The number of aliphatic hydroxyl groups excluding tert-OH is 1. The Balaban J connectivity index is 1.95. The molecule has 0 heterocycles. The lowest BCUT2D eigenvalue weighted by molar-refractivity contribution is 0.134. The Morgan fingerprint density at radius 3 is 2.35 bits per heavy atom. The predicted octanol–water partition coefficient (Wildman–Crippen LogP) is 2.31. The van der Waals surface area contributed by atoms with Crippen LogP contribution in [0.1, 0.15) is 31.2 Å². The minimum atomic E-state index is -3.39. The van der Waals surface area contributed by atoms with E-state index >= 15 is 0 Å². The average molecular weight is 318 g/mol. The summed E-state index contributed by atoms with van der Waals surface area (Å²) in [5.74, 6) is -0.0638. The summed E-state index contributed by atoms with van der Waals surface area (Å²) >= 11 is 5.77. The van der Waals surface area contributed by atoms with Crippen LogP contribution in [-0.4, -0.2) is 26.7 Å². The number of aliphatic hydroxyl groups is 1. The lowest BCUT2D eigenvalue weighted by Crippen LogP contribution is -2.38. The summed E-state index contributed by atoms with van der Waals surface area (Å²) in [6.45, 7) is 0.357. The summed E-state index contributed by atoms with van der Waals surface area (Å²) in [5.41, 5.74) is 0.430. The molecular formula is C14H20ClNO3S. The highest BCUT2D eigenvalue weighted by Crippen LogP contribution is 2.37. The van der Waals surface area contributed by atoms with Gasteiger partial charge in [0.15, 0.2) is 0 Å². The predicted molar refractivity (Wildman–Crippen MR) is 80.1 cm³/mol. The second-order valence-electron chi connectivity index (χ2n) is 5.57. The third-order valence-corrected chi connectivity index (χ3v) is 5.49. The number of rotatable bonds is 6. The molecule has 6 heteroatoms. The van der Waals surface area contributed by atoms with Gasteiger partial charge in [-0.1, -0.05) is 36.6 Å². The maximum absolute atomic E-state index is 12.1. The van der Waals surface area contributed by atoms with Gasteiger partial charge in [-0.15, -0.1) is 0 Å². The van der Waals surface area contributed by atoms with E-state index in [0.29, 0.717) is 17.1 Å². The number of hydrogen-bond donors (Lipinski definition) is 2. The van der Waals surface area contributed by atoms with E-state index in [9.17, 15) is 13.5 Å². The Kier molecular flexibility index (Phi) is 5.07. The zero-order chi connectivity index (χ0) is 14.6. The van der Waals surface area contributed by atoms with Crippen molar-refractivity contribution in [1.82, 2.24) is 4.72 Å². The Bertz CT molecular complexity index is 536. The summed E-state index contributed by atoms with van der Waals surface area (Å²) < 4.78 is 26.8. The first-order valence-electron chi connectivity index (χ1n) is 6.77. The molecule has 1 fully saturated rings. The fourth-order valence-corrected chi connectivity index (χ4v) is 4.02. The maximum Gasteiger partial charge on any atom is 0.215 e. The minimum absolute atomic E-state index is 0.0382. The van der Waals surface area contributed by atoms with E-state index in [1.165, 1.54) is 0 Å². The van der Waals surface area contributed by atoms with Gasteiger partial charge in [-0.2, -0.15) is 0 Å². The standard InChI is InChI=1S/C14H20ClNO3S/c15-13-5-3-12(4-6-13)9-20(18,19)16-10-14(11-17)7-1-2-8-14/h3-6,16-17H,1-2,7-11H2. The molecule has 1 saturated carbocycles. The van der Waals surface area contributed by atoms with Crippen LogP contribution in [0.2, 0.25) is 5.02 Å². The number of halogens is 1. The zero-order valence-corrected chi connectivity index (χ0v) is 12.9. The Morgan fingerprint density at radius 2 is 1.80 bits per heavy atom. The van der Waals surface area contributed by atoms with Crippen LogP contribution in [0.4, 0.5) is 0 Å². The molecule has 0 amide bonds. The first kappa shape index (κ1) is 15.8. The zero-order valence-electron chi connectivity index (χ0n) is 11.3. The van der Waals surface area contributed by atoms with Crippen LogP contribution in [0.25, 0.3) is 0 Å². The van der Waals surface area contributed by atoms with Gasteiger partial charge >= 0.3 is 0 Å². The summed E-state index contributed by atoms with van der Waals surface area (Å²) in [6.07, 6.45) is 3.87. The van der Waals surface area contributed by atoms with Crippen molar-refractivity contribution in [1.29, 1.82) is 0 Å². The Hall–Kier alpha value is -0.620. The number of hydrogen-bond acceptors (Lipinski definition) is 3. The van der Waals surface area contributed by atoms with E-state index < -0.39 is 10.0 Å². The van der Waals surface area contributed by atoms with E-state index in [4.69, 9.17) is 11.6 Å². The van der Waals surface area contributed by atoms with Crippen molar-refractivity contribution in [3.63, 3.8) is 0 Å². The fraction of sp³-hybridized carbons (Fsp3) is 0.571. The molecule has 0 bridgehead atoms. The van der Waals surface area contributed by atoms with E-state index in [1.807, 2.05) is 0 Å². The van der Waals surface area contributed by atoms with E-state index in [2.05, 4.69) is 4.72 Å². The molecule has 1 aliphatic carbocycles. The lowest BCUT2D eigenvalue weighted by Gasteiger charge is -2.26. The lowest BCUT2D eigenvalue weighted by atomic mass is 9.88. The van der Waals surface area contributed by atoms with Crippen molar-refractivity contribution in [2.45, 2.75) is 31.4 Å². The number of benzene rings is 1. The number of sulfonamides is 1. The van der Waals surface area contributed by atoms with Crippen molar-refractivity contribution >= 4 is 21.6 Å². The topological polar surface area (TPSA) is 66.4 Å². The molecule has 0 radical (unpaired) electrons. The van der Waals surface area contributed by atoms with Crippen LogP contribution in [-0.2, 0) is 15.8 Å². The summed E-state index contributed by atoms with van der Waals surface area (Å²) in [7, 11) is -3.39. The molecule has 4 nitrogen and oxygen atoms in total. The van der Waals surface area contributed by atoms with Gasteiger partial charge in [-0.3, -0.25) is 0 Å².